The monoisotopic (exact) mass is 203 g/mol. The summed E-state index contributed by atoms with van der Waals surface area (Å²) in [4.78, 5) is 0. The molecule has 2 unspecified atom stereocenters. The van der Waals surface area contributed by atoms with Gasteiger partial charge < -0.3 is 10.1 Å². The van der Waals surface area contributed by atoms with E-state index in [9.17, 15) is 0 Å². The number of hydrogen-bond acceptors (Lipinski definition) is 3. The van der Waals surface area contributed by atoms with Gasteiger partial charge in [-0.25, -0.2) is 0 Å². The molecule has 1 fully saturated rings. The Bertz CT molecular complexity index is 126. The lowest BCUT2D eigenvalue weighted by atomic mass is 10.1. The Kier molecular flexibility index (Phi) is 5.83. The molecule has 0 aromatic carbocycles. The summed E-state index contributed by atoms with van der Waals surface area (Å²) in [6.45, 7) is 3.75. The van der Waals surface area contributed by atoms with Gasteiger partial charge in [-0.05, 0) is 32.6 Å². The third-order valence-electron chi connectivity index (χ3n) is 2.54. The first-order valence-electron chi connectivity index (χ1n) is 5.25. The van der Waals surface area contributed by atoms with Crippen LogP contribution in [0.3, 0.4) is 0 Å². The normalized spacial score (nSPS) is 25.8. The van der Waals surface area contributed by atoms with Gasteiger partial charge in [-0.2, -0.15) is 11.8 Å². The van der Waals surface area contributed by atoms with E-state index in [4.69, 9.17) is 4.74 Å². The molecular weight excluding hydrogens is 182 g/mol. The molecule has 1 rings (SSSR count). The number of nitrogens with one attached hydrogen (secondary N) is 1. The van der Waals surface area contributed by atoms with Crippen molar-refractivity contribution in [2.45, 2.75) is 37.5 Å². The van der Waals surface area contributed by atoms with Crippen LogP contribution in [0.5, 0.6) is 0 Å². The van der Waals surface area contributed by atoms with E-state index < -0.39 is 0 Å². The fourth-order valence-corrected chi connectivity index (χ4v) is 3.16. The van der Waals surface area contributed by atoms with Crippen LogP contribution in [0.4, 0.5) is 0 Å². The van der Waals surface area contributed by atoms with Crippen molar-refractivity contribution < 1.29 is 4.74 Å². The van der Waals surface area contributed by atoms with Gasteiger partial charge in [0.05, 0.1) is 6.61 Å². The summed E-state index contributed by atoms with van der Waals surface area (Å²) in [7, 11) is 2.04. The van der Waals surface area contributed by atoms with Gasteiger partial charge in [-0.3, -0.25) is 0 Å². The van der Waals surface area contributed by atoms with Crippen molar-refractivity contribution in [1.29, 1.82) is 0 Å². The topological polar surface area (TPSA) is 21.3 Å². The van der Waals surface area contributed by atoms with Crippen molar-refractivity contribution in [2.24, 2.45) is 0 Å². The average molecular weight is 203 g/mol. The van der Waals surface area contributed by atoms with Gasteiger partial charge >= 0.3 is 0 Å². The van der Waals surface area contributed by atoms with E-state index in [0.717, 1.165) is 18.5 Å². The van der Waals surface area contributed by atoms with Crippen molar-refractivity contribution in [2.75, 3.05) is 26.0 Å². The fraction of sp³-hybridized carbons (Fsp3) is 1.00. The minimum absolute atomic E-state index is 0.547. The van der Waals surface area contributed by atoms with E-state index in [1.165, 1.54) is 25.0 Å². The quantitative estimate of drug-likeness (QED) is 0.737. The predicted molar refractivity (Wildman–Crippen MR) is 59.4 cm³/mol. The molecule has 1 heterocycles. The maximum absolute atomic E-state index is 5.46. The fourth-order valence-electron chi connectivity index (χ4n) is 1.70. The highest BCUT2D eigenvalue weighted by atomic mass is 32.2. The maximum atomic E-state index is 5.46. The molecule has 0 spiro atoms. The first-order chi connectivity index (χ1) is 6.38. The third kappa shape index (κ3) is 3.88. The Hall–Kier alpha value is 0.270. The summed E-state index contributed by atoms with van der Waals surface area (Å²) in [6.07, 6.45) is 4.14. The number of likely N-dealkylation sites (N-methyl/N-ethyl adjacent to an activating group) is 1. The van der Waals surface area contributed by atoms with Crippen LogP contribution in [0.25, 0.3) is 0 Å². The van der Waals surface area contributed by atoms with Gasteiger partial charge in [-0.15, -0.1) is 0 Å². The molecule has 78 valence electrons. The summed E-state index contributed by atoms with van der Waals surface area (Å²) < 4.78 is 5.46. The smallest absolute Gasteiger partial charge is 0.0630 e. The van der Waals surface area contributed by atoms with Crippen LogP contribution in [0.15, 0.2) is 0 Å². The molecule has 13 heavy (non-hydrogen) atoms. The van der Waals surface area contributed by atoms with E-state index in [1.54, 1.807) is 0 Å². The number of ether oxygens (including phenoxy) is 1. The molecule has 1 aliphatic rings. The lowest BCUT2D eigenvalue weighted by molar-refractivity contribution is 0.123. The zero-order chi connectivity index (χ0) is 9.52. The molecule has 0 radical (unpaired) electrons. The molecule has 0 aromatic rings. The highest BCUT2D eigenvalue weighted by molar-refractivity contribution is 8.00. The Morgan fingerprint density at radius 2 is 2.38 bits per heavy atom. The van der Waals surface area contributed by atoms with Crippen molar-refractivity contribution in [3.05, 3.63) is 0 Å². The molecule has 2 atom stereocenters. The number of hydrogen-bond donors (Lipinski definition) is 1. The SMILES string of the molecule is CCOCC(NC)C1CCCCS1. The minimum Gasteiger partial charge on any atom is -0.380 e. The molecule has 0 bridgehead atoms. The average Bonchev–Trinajstić information content (AvgIpc) is 2.21. The van der Waals surface area contributed by atoms with Crippen LogP contribution in [-0.2, 0) is 4.74 Å². The highest BCUT2D eigenvalue weighted by Crippen LogP contribution is 2.27. The summed E-state index contributed by atoms with van der Waals surface area (Å²) in [6, 6.07) is 0.547. The van der Waals surface area contributed by atoms with Crippen LogP contribution in [0, 0.1) is 0 Å². The molecule has 0 saturated carbocycles. The largest absolute Gasteiger partial charge is 0.380 e. The minimum atomic E-state index is 0.547. The van der Waals surface area contributed by atoms with E-state index in [1.807, 2.05) is 7.05 Å². The molecule has 1 saturated heterocycles. The first kappa shape index (κ1) is 11.3. The van der Waals surface area contributed by atoms with Crippen molar-refractivity contribution >= 4 is 11.8 Å². The summed E-state index contributed by atoms with van der Waals surface area (Å²) in [5.74, 6) is 1.33. The molecule has 3 heteroatoms. The molecule has 0 aliphatic carbocycles. The molecule has 0 amide bonds. The zero-order valence-electron chi connectivity index (χ0n) is 8.71. The Morgan fingerprint density at radius 1 is 1.54 bits per heavy atom. The van der Waals surface area contributed by atoms with Crippen molar-refractivity contribution in [1.82, 2.24) is 5.32 Å². The van der Waals surface area contributed by atoms with E-state index in [2.05, 4.69) is 24.0 Å². The number of rotatable bonds is 5. The van der Waals surface area contributed by atoms with Gasteiger partial charge in [0.2, 0.25) is 0 Å². The lowest BCUT2D eigenvalue weighted by Gasteiger charge is -2.29. The first-order valence-corrected chi connectivity index (χ1v) is 6.30. The molecule has 0 aromatic heterocycles. The second-order valence-electron chi connectivity index (χ2n) is 3.46. The second kappa shape index (κ2) is 6.68. The van der Waals surface area contributed by atoms with Crippen LogP contribution in [0.2, 0.25) is 0 Å². The van der Waals surface area contributed by atoms with Gasteiger partial charge in [-0.1, -0.05) is 6.42 Å². The Morgan fingerprint density at radius 3 is 2.92 bits per heavy atom. The maximum Gasteiger partial charge on any atom is 0.0630 e. The Balaban J connectivity index is 2.26. The van der Waals surface area contributed by atoms with Crippen LogP contribution >= 0.6 is 11.8 Å². The van der Waals surface area contributed by atoms with Crippen LogP contribution in [0.1, 0.15) is 26.2 Å². The van der Waals surface area contributed by atoms with Crippen molar-refractivity contribution in [3.63, 3.8) is 0 Å². The third-order valence-corrected chi connectivity index (χ3v) is 4.05. The van der Waals surface area contributed by atoms with Gasteiger partial charge in [0.15, 0.2) is 0 Å². The molecule has 1 N–H and O–H groups in total. The standard InChI is InChI=1S/C10H21NOS/c1-3-12-8-9(11-2)10-6-4-5-7-13-10/h9-11H,3-8H2,1-2H3. The lowest BCUT2D eigenvalue weighted by Crippen LogP contribution is -2.40. The van der Waals surface area contributed by atoms with Crippen LogP contribution in [-0.4, -0.2) is 37.3 Å². The Labute approximate surface area is 85.8 Å². The molecule has 2 nitrogen and oxygen atoms in total. The van der Waals surface area contributed by atoms with Gasteiger partial charge in [0.25, 0.3) is 0 Å². The van der Waals surface area contributed by atoms with Gasteiger partial charge in [0.1, 0.15) is 0 Å². The highest BCUT2D eigenvalue weighted by Gasteiger charge is 2.22. The van der Waals surface area contributed by atoms with E-state index >= 15 is 0 Å². The zero-order valence-corrected chi connectivity index (χ0v) is 9.53. The summed E-state index contributed by atoms with van der Waals surface area (Å²) in [5, 5.41) is 4.13. The molecule has 1 aliphatic heterocycles. The summed E-state index contributed by atoms with van der Waals surface area (Å²) in [5.41, 5.74) is 0. The van der Waals surface area contributed by atoms with Crippen molar-refractivity contribution in [3.8, 4) is 0 Å². The van der Waals surface area contributed by atoms with Gasteiger partial charge in [0, 0.05) is 17.9 Å². The number of thioether (sulfide) groups is 1. The predicted octanol–water partition coefficient (Wildman–Crippen LogP) is 1.90. The van der Waals surface area contributed by atoms with E-state index in [-0.39, 0.29) is 0 Å². The summed E-state index contributed by atoms with van der Waals surface area (Å²) >= 11 is 2.10. The van der Waals surface area contributed by atoms with E-state index in [0.29, 0.717) is 6.04 Å². The second-order valence-corrected chi connectivity index (χ2v) is 4.81. The van der Waals surface area contributed by atoms with Crippen LogP contribution < -0.4 is 5.32 Å². The molecular formula is C10H21NOS.